The molecule has 1 aromatic carbocycles. The highest BCUT2D eigenvalue weighted by molar-refractivity contribution is 7.88. The summed E-state index contributed by atoms with van der Waals surface area (Å²) < 4.78 is 50.8. The number of carbonyl (C=O) groups excluding carboxylic acids is 1. The predicted molar refractivity (Wildman–Crippen MR) is 82.2 cm³/mol. The van der Waals surface area contributed by atoms with Crippen LogP contribution in [0, 0.1) is 11.6 Å². The molecular formula is C15H20F2N2O3S. The molecule has 2 rings (SSSR count). The van der Waals surface area contributed by atoms with Gasteiger partial charge in [0, 0.05) is 18.5 Å². The highest BCUT2D eigenvalue weighted by atomic mass is 32.2. The van der Waals surface area contributed by atoms with Crippen LogP contribution in [0.1, 0.15) is 31.2 Å². The normalized spacial score (nSPS) is 21.3. The Morgan fingerprint density at radius 2 is 1.91 bits per heavy atom. The van der Waals surface area contributed by atoms with Crippen molar-refractivity contribution in [2.45, 2.75) is 44.2 Å². The lowest BCUT2D eigenvalue weighted by molar-refractivity contribution is -0.121. The molecule has 1 fully saturated rings. The Balaban J connectivity index is 1.76. The average Bonchev–Trinajstić information content (AvgIpc) is 2.85. The third kappa shape index (κ3) is 5.87. The van der Waals surface area contributed by atoms with Gasteiger partial charge in [-0.3, -0.25) is 4.79 Å². The molecule has 1 saturated carbocycles. The summed E-state index contributed by atoms with van der Waals surface area (Å²) in [7, 11) is -3.24. The van der Waals surface area contributed by atoms with Crippen LogP contribution in [0.3, 0.4) is 0 Å². The van der Waals surface area contributed by atoms with Crippen LogP contribution in [0.4, 0.5) is 8.78 Å². The zero-order chi connectivity index (χ0) is 17.0. The monoisotopic (exact) mass is 346 g/mol. The predicted octanol–water partition coefficient (Wildman–Crippen LogP) is 1.48. The number of amides is 1. The second kappa shape index (κ2) is 7.35. The number of nitrogens with one attached hydrogen (secondary N) is 2. The van der Waals surface area contributed by atoms with Gasteiger partial charge in [0.05, 0.1) is 6.26 Å². The second-order valence-corrected chi connectivity index (χ2v) is 7.69. The lowest BCUT2D eigenvalue weighted by Gasteiger charge is -2.14. The molecule has 5 nitrogen and oxygen atoms in total. The highest BCUT2D eigenvalue weighted by Crippen LogP contribution is 2.20. The van der Waals surface area contributed by atoms with Crippen LogP contribution < -0.4 is 10.0 Å². The zero-order valence-corrected chi connectivity index (χ0v) is 13.6. The van der Waals surface area contributed by atoms with Crippen LogP contribution in [0.25, 0.3) is 0 Å². The smallest absolute Gasteiger partial charge is 0.220 e. The summed E-state index contributed by atoms with van der Waals surface area (Å²) in [4.78, 5) is 11.9. The summed E-state index contributed by atoms with van der Waals surface area (Å²) in [6.45, 7) is 0. The van der Waals surface area contributed by atoms with Gasteiger partial charge in [-0.2, -0.15) is 0 Å². The SMILES string of the molecule is CS(=O)(=O)N[C@H]1CC[C@@H](NC(=O)CCc2ccc(F)c(F)c2)C1. The van der Waals surface area contributed by atoms with Crippen LogP contribution in [-0.2, 0) is 21.2 Å². The first-order chi connectivity index (χ1) is 10.7. The minimum absolute atomic E-state index is 0.0632. The maximum atomic E-state index is 13.1. The lowest BCUT2D eigenvalue weighted by atomic mass is 10.1. The molecule has 0 spiro atoms. The van der Waals surface area contributed by atoms with E-state index in [0.717, 1.165) is 18.4 Å². The fourth-order valence-corrected chi connectivity index (χ4v) is 3.59. The molecule has 0 radical (unpaired) electrons. The quantitative estimate of drug-likeness (QED) is 0.819. The van der Waals surface area contributed by atoms with E-state index >= 15 is 0 Å². The fraction of sp³-hybridized carbons (Fsp3) is 0.533. The van der Waals surface area contributed by atoms with Crippen molar-refractivity contribution in [3.05, 3.63) is 35.4 Å². The van der Waals surface area contributed by atoms with E-state index in [-0.39, 0.29) is 24.4 Å². The van der Waals surface area contributed by atoms with Crippen LogP contribution in [0.2, 0.25) is 0 Å². The van der Waals surface area contributed by atoms with Crippen molar-refractivity contribution in [3.8, 4) is 0 Å². The van der Waals surface area contributed by atoms with Gasteiger partial charge >= 0.3 is 0 Å². The summed E-state index contributed by atoms with van der Waals surface area (Å²) >= 11 is 0. The van der Waals surface area contributed by atoms with Crippen molar-refractivity contribution in [2.24, 2.45) is 0 Å². The topological polar surface area (TPSA) is 75.3 Å². The van der Waals surface area contributed by atoms with Gasteiger partial charge in [-0.25, -0.2) is 21.9 Å². The molecule has 0 saturated heterocycles. The maximum absolute atomic E-state index is 13.1. The Morgan fingerprint density at radius 3 is 2.57 bits per heavy atom. The van der Waals surface area contributed by atoms with Crippen molar-refractivity contribution in [3.63, 3.8) is 0 Å². The largest absolute Gasteiger partial charge is 0.353 e. The number of carbonyl (C=O) groups is 1. The fourth-order valence-electron chi connectivity index (χ4n) is 2.78. The molecule has 23 heavy (non-hydrogen) atoms. The molecule has 0 aliphatic heterocycles. The first-order valence-corrected chi connectivity index (χ1v) is 9.32. The van der Waals surface area contributed by atoms with E-state index in [4.69, 9.17) is 0 Å². The van der Waals surface area contributed by atoms with Crippen molar-refractivity contribution < 1.29 is 22.0 Å². The summed E-state index contributed by atoms with van der Waals surface area (Å²) in [6, 6.07) is 3.37. The standard InChI is InChI=1S/C15H20F2N2O3S/c1-23(21,22)19-12-5-4-11(9-12)18-15(20)7-3-10-2-6-13(16)14(17)8-10/h2,6,8,11-12,19H,3-5,7,9H2,1H3,(H,18,20)/t11-,12+/m1/s1. The minimum Gasteiger partial charge on any atom is -0.353 e. The van der Waals surface area contributed by atoms with Gasteiger partial charge in [0.2, 0.25) is 15.9 Å². The van der Waals surface area contributed by atoms with E-state index in [1.165, 1.54) is 6.07 Å². The van der Waals surface area contributed by atoms with Crippen molar-refractivity contribution >= 4 is 15.9 Å². The molecule has 0 unspecified atom stereocenters. The Labute approximate surface area is 134 Å². The Hall–Kier alpha value is -1.54. The molecule has 2 atom stereocenters. The van der Waals surface area contributed by atoms with E-state index in [1.54, 1.807) is 0 Å². The number of benzene rings is 1. The zero-order valence-electron chi connectivity index (χ0n) is 12.8. The molecule has 1 aliphatic carbocycles. The highest BCUT2D eigenvalue weighted by Gasteiger charge is 2.27. The Bertz CT molecular complexity index is 679. The Kier molecular flexibility index (Phi) is 5.69. The van der Waals surface area contributed by atoms with Crippen molar-refractivity contribution in [1.29, 1.82) is 0 Å². The van der Waals surface area contributed by atoms with Gasteiger partial charge in [0.25, 0.3) is 0 Å². The van der Waals surface area contributed by atoms with Crippen LogP contribution in [0.5, 0.6) is 0 Å². The molecule has 2 N–H and O–H groups in total. The van der Waals surface area contributed by atoms with E-state index < -0.39 is 21.7 Å². The molecule has 0 heterocycles. The average molecular weight is 346 g/mol. The number of hydrogen-bond acceptors (Lipinski definition) is 3. The van der Waals surface area contributed by atoms with Crippen LogP contribution in [0.15, 0.2) is 18.2 Å². The second-order valence-electron chi connectivity index (χ2n) is 5.91. The number of sulfonamides is 1. The lowest BCUT2D eigenvalue weighted by Crippen LogP contribution is -2.36. The maximum Gasteiger partial charge on any atom is 0.220 e. The molecule has 1 aromatic rings. The molecular weight excluding hydrogens is 326 g/mol. The summed E-state index contributed by atoms with van der Waals surface area (Å²) in [6.07, 6.45) is 3.56. The van der Waals surface area contributed by atoms with Gasteiger partial charge in [-0.1, -0.05) is 6.07 Å². The van der Waals surface area contributed by atoms with E-state index in [0.29, 0.717) is 31.2 Å². The third-order valence-electron chi connectivity index (χ3n) is 3.80. The number of rotatable bonds is 6. The van der Waals surface area contributed by atoms with Crippen molar-refractivity contribution in [2.75, 3.05) is 6.26 Å². The number of halogens is 2. The van der Waals surface area contributed by atoms with E-state index in [1.807, 2.05) is 0 Å². The van der Waals surface area contributed by atoms with Gasteiger partial charge in [-0.05, 0) is 43.4 Å². The third-order valence-corrected chi connectivity index (χ3v) is 4.56. The van der Waals surface area contributed by atoms with Gasteiger partial charge < -0.3 is 5.32 Å². The molecule has 8 heteroatoms. The number of aryl methyl sites for hydroxylation is 1. The number of hydrogen-bond donors (Lipinski definition) is 2. The molecule has 1 aliphatic rings. The van der Waals surface area contributed by atoms with Crippen molar-refractivity contribution in [1.82, 2.24) is 10.0 Å². The first-order valence-electron chi connectivity index (χ1n) is 7.43. The van der Waals surface area contributed by atoms with Gasteiger partial charge in [0.15, 0.2) is 11.6 Å². The summed E-state index contributed by atoms with van der Waals surface area (Å²) in [5, 5.41) is 2.85. The first kappa shape index (κ1) is 17.8. The van der Waals surface area contributed by atoms with E-state index in [9.17, 15) is 22.0 Å². The molecule has 1 amide bonds. The van der Waals surface area contributed by atoms with Gasteiger partial charge in [-0.15, -0.1) is 0 Å². The van der Waals surface area contributed by atoms with Crippen LogP contribution >= 0.6 is 0 Å². The van der Waals surface area contributed by atoms with Crippen LogP contribution in [-0.4, -0.2) is 32.7 Å². The molecule has 0 bridgehead atoms. The summed E-state index contributed by atoms with van der Waals surface area (Å²) in [5.74, 6) is -2.01. The molecule has 128 valence electrons. The molecule has 0 aromatic heterocycles. The van der Waals surface area contributed by atoms with Gasteiger partial charge in [0.1, 0.15) is 0 Å². The van der Waals surface area contributed by atoms with E-state index in [2.05, 4.69) is 10.0 Å². The Morgan fingerprint density at radius 1 is 1.22 bits per heavy atom. The minimum atomic E-state index is -3.24. The summed E-state index contributed by atoms with van der Waals surface area (Å²) in [5.41, 5.74) is 0.557.